The standard InChI is InChI=1S/C11H8F3NO3/c12-11(13,14)8-4-6-5(9(16)10(17)18)2-1-3-7(6)15-8/h1-4,9,15-16H,(H,17,18). The third-order valence-corrected chi connectivity index (χ3v) is 2.53. The second-order valence-corrected chi connectivity index (χ2v) is 3.73. The number of halogens is 3. The van der Waals surface area contributed by atoms with E-state index in [0.29, 0.717) is 0 Å². The summed E-state index contributed by atoms with van der Waals surface area (Å²) in [5, 5.41) is 18.1. The normalized spacial score (nSPS) is 13.8. The number of hydrogen-bond donors (Lipinski definition) is 3. The molecule has 1 unspecified atom stereocenters. The SMILES string of the molecule is O=C(O)C(O)c1cccc2[nH]c(C(F)(F)F)cc12. The molecular formula is C11H8F3NO3. The van der Waals surface area contributed by atoms with E-state index in [0.717, 1.165) is 6.07 Å². The number of aliphatic carboxylic acids is 1. The molecule has 96 valence electrons. The van der Waals surface area contributed by atoms with Gasteiger partial charge in [-0.3, -0.25) is 0 Å². The quantitative estimate of drug-likeness (QED) is 0.774. The largest absolute Gasteiger partial charge is 0.479 e. The molecule has 18 heavy (non-hydrogen) atoms. The van der Waals surface area contributed by atoms with Crippen LogP contribution in [0.3, 0.4) is 0 Å². The number of H-pyrrole nitrogens is 1. The van der Waals surface area contributed by atoms with Gasteiger partial charge in [0.05, 0.1) is 0 Å². The number of rotatable bonds is 2. The minimum atomic E-state index is -4.55. The summed E-state index contributed by atoms with van der Waals surface area (Å²) in [5.41, 5.74) is -0.936. The maximum atomic E-state index is 12.5. The zero-order valence-electron chi connectivity index (χ0n) is 8.82. The van der Waals surface area contributed by atoms with Crippen molar-refractivity contribution in [1.29, 1.82) is 0 Å². The van der Waals surface area contributed by atoms with E-state index in [-0.39, 0.29) is 16.5 Å². The van der Waals surface area contributed by atoms with Gasteiger partial charge in [-0.05, 0) is 12.1 Å². The van der Waals surface area contributed by atoms with Crippen molar-refractivity contribution in [2.45, 2.75) is 12.3 Å². The van der Waals surface area contributed by atoms with Crippen molar-refractivity contribution in [2.24, 2.45) is 0 Å². The number of aliphatic hydroxyl groups is 1. The van der Waals surface area contributed by atoms with Crippen LogP contribution in [-0.4, -0.2) is 21.2 Å². The minimum Gasteiger partial charge on any atom is -0.479 e. The van der Waals surface area contributed by atoms with E-state index in [1.807, 2.05) is 0 Å². The first-order valence-electron chi connectivity index (χ1n) is 4.90. The molecule has 0 aliphatic rings. The smallest absolute Gasteiger partial charge is 0.431 e. The summed E-state index contributed by atoms with van der Waals surface area (Å²) in [7, 11) is 0. The molecule has 0 radical (unpaired) electrons. The third kappa shape index (κ3) is 2.04. The molecule has 0 saturated heterocycles. The van der Waals surface area contributed by atoms with Crippen molar-refractivity contribution in [3.63, 3.8) is 0 Å². The van der Waals surface area contributed by atoms with Gasteiger partial charge in [0.2, 0.25) is 0 Å². The molecule has 3 N–H and O–H groups in total. The number of aromatic nitrogens is 1. The summed E-state index contributed by atoms with van der Waals surface area (Å²) < 4.78 is 37.5. The molecule has 2 rings (SSSR count). The number of nitrogens with one attached hydrogen (secondary N) is 1. The van der Waals surface area contributed by atoms with Crippen molar-refractivity contribution in [3.8, 4) is 0 Å². The Hall–Kier alpha value is -2.02. The van der Waals surface area contributed by atoms with E-state index in [9.17, 15) is 23.1 Å². The highest BCUT2D eigenvalue weighted by molar-refractivity contribution is 5.89. The molecule has 0 saturated carbocycles. The van der Waals surface area contributed by atoms with E-state index in [2.05, 4.69) is 4.98 Å². The summed E-state index contributed by atoms with van der Waals surface area (Å²) >= 11 is 0. The van der Waals surface area contributed by atoms with Crippen molar-refractivity contribution in [2.75, 3.05) is 0 Å². The summed E-state index contributed by atoms with van der Waals surface area (Å²) in [4.78, 5) is 12.8. The number of alkyl halides is 3. The van der Waals surface area contributed by atoms with Crippen LogP contribution in [0.5, 0.6) is 0 Å². The van der Waals surface area contributed by atoms with Gasteiger partial charge in [0.15, 0.2) is 6.10 Å². The highest BCUT2D eigenvalue weighted by atomic mass is 19.4. The molecule has 0 aliphatic carbocycles. The van der Waals surface area contributed by atoms with Crippen LogP contribution in [-0.2, 0) is 11.0 Å². The number of carboxylic acid groups (broad SMARTS) is 1. The van der Waals surface area contributed by atoms with Gasteiger partial charge in [0.1, 0.15) is 5.69 Å². The van der Waals surface area contributed by atoms with Crippen LogP contribution in [0, 0.1) is 0 Å². The number of carboxylic acids is 1. The minimum absolute atomic E-state index is 0.0414. The summed E-state index contributed by atoms with van der Waals surface area (Å²) in [6.07, 6.45) is -6.41. The fourth-order valence-electron chi connectivity index (χ4n) is 1.70. The van der Waals surface area contributed by atoms with Gasteiger partial charge in [-0.15, -0.1) is 0 Å². The zero-order valence-corrected chi connectivity index (χ0v) is 8.82. The lowest BCUT2D eigenvalue weighted by molar-refractivity contribution is -0.146. The van der Waals surface area contributed by atoms with E-state index in [1.165, 1.54) is 18.2 Å². The van der Waals surface area contributed by atoms with E-state index < -0.39 is 23.9 Å². The van der Waals surface area contributed by atoms with E-state index in [1.54, 1.807) is 0 Å². The summed E-state index contributed by atoms with van der Waals surface area (Å²) in [6.45, 7) is 0. The number of fused-ring (bicyclic) bond motifs is 1. The van der Waals surface area contributed by atoms with Crippen LogP contribution in [0.1, 0.15) is 17.4 Å². The fourth-order valence-corrected chi connectivity index (χ4v) is 1.70. The Bertz CT molecular complexity index is 603. The average Bonchev–Trinajstić information content (AvgIpc) is 2.70. The maximum Gasteiger partial charge on any atom is 0.431 e. The highest BCUT2D eigenvalue weighted by Gasteiger charge is 2.33. The molecule has 0 spiro atoms. The van der Waals surface area contributed by atoms with Gasteiger partial charge >= 0.3 is 12.1 Å². The van der Waals surface area contributed by atoms with E-state index in [4.69, 9.17) is 5.11 Å². The molecule has 7 heteroatoms. The summed E-state index contributed by atoms with van der Waals surface area (Å²) in [6, 6.07) is 4.81. The molecule has 0 aliphatic heterocycles. The van der Waals surface area contributed by atoms with Crippen LogP contribution in [0.2, 0.25) is 0 Å². The van der Waals surface area contributed by atoms with Crippen molar-refractivity contribution >= 4 is 16.9 Å². The van der Waals surface area contributed by atoms with Gasteiger partial charge in [0, 0.05) is 16.5 Å². The number of carbonyl (C=O) groups is 1. The van der Waals surface area contributed by atoms with Gasteiger partial charge in [-0.2, -0.15) is 13.2 Å². The van der Waals surface area contributed by atoms with Gasteiger partial charge in [0.25, 0.3) is 0 Å². The average molecular weight is 259 g/mol. The van der Waals surface area contributed by atoms with Gasteiger partial charge in [-0.25, -0.2) is 4.79 Å². The molecule has 1 heterocycles. The monoisotopic (exact) mass is 259 g/mol. The lowest BCUT2D eigenvalue weighted by atomic mass is 10.0. The predicted octanol–water partition coefficient (Wildman–Crippen LogP) is 2.30. The van der Waals surface area contributed by atoms with Gasteiger partial charge < -0.3 is 15.2 Å². The Morgan fingerprint density at radius 2 is 2.00 bits per heavy atom. The molecule has 0 fully saturated rings. The first-order valence-corrected chi connectivity index (χ1v) is 4.90. The first kappa shape index (κ1) is 12.4. The Balaban J connectivity index is 2.63. The summed E-state index contributed by atoms with van der Waals surface area (Å²) in [5.74, 6) is -1.52. The van der Waals surface area contributed by atoms with Crippen molar-refractivity contribution in [3.05, 3.63) is 35.5 Å². The molecule has 1 aromatic carbocycles. The second-order valence-electron chi connectivity index (χ2n) is 3.73. The molecule has 1 aromatic heterocycles. The zero-order chi connectivity index (χ0) is 13.5. The molecule has 1 atom stereocenters. The Kier molecular flexibility index (Phi) is 2.78. The number of benzene rings is 1. The predicted molar refractivity (Wildman–Crippen MR) is 55.9 cm³/mol. The van der Waals surface area contributed by atoms with Crippen LogP contribution in [0.25, 0.3) is 10.9 Å². The Labute approximate surface area is 98.7 Å². The molecular weight excluding hydrogens is 251 g/mol. The van der Waals surface area contributed by atoms with Crippen LogP contribution in [0.15, 0.2) is 24.3 Å². The third-order valence-electron chi connectivity index (χ3n) is 2.53. The molecule has 0 amide bonds. The Morgan fingerprint density at radius 3 is 2.56 bits per heavy atom. The van der Waals surface area contributed by atoms with Crippen LogP contribution in [0.4, 0.5) is 13.2 Å². The topological polar surface area (TPSA) is 73.3 Å². The van der Waals surface area contributed by atoms with Crippen molar-refractivity contribution < 1.29 is 28.2 Å². The lowest BCUT2D eigenvalue weighted by Gasteiger charge is -2.06. The number of aromatic amines is 1. The Morgan fingerprint density at radius 1 is 1.33 bits per heavy atom. The first-order chi connectivity index (χ1) is 8.30. The second kappa shape index (κ2) is 4.02. The number of hydrogen-bond acceptors (Lipinski definition) is 2. The molecule has 4 nitrogen and oxygen atoms in total. The highest BCUT2D eigenvalue weighted by Crippen LogP contribution is 2.33. The van der Waals surface area contributed by atoms with Crippen molar-refractivity contribution in [1.82, 2.24) is 4.98 Å². The van der Waals surface area contributed by atoms with E-state index >= 15 is 0 Å². The molecule has 0 bridgehead atoms. The van der Waals surface area contributed by atoms with Gasteiger partial charge in [-0.1, -0.05) is 12.1 Å². The maximum absolute atomic E-state index is 12.5. The van der Waals surface area contributed by atoms with Crippen LogP contribution < -0.4 is 0 Å². The van der Waals surface area contributed by atoms with Crippen LogP contribution >= 0.6 is 0 Å². The molecule has 2 aromatic rings. The fraction of sp³-hybridized carbons (Fsp3) is 0.182. The lowest BCUT2D eigenvalue weighted by Crippen LogP contribution is -2.10. The number of aliphatic hydroxyl groups excluding tert-OH is 1.